The molecule has 3 rings (SSSR count). The monoisotopic (exact) mass is 416 g/mol. The van der Waals surface area contributed by atoms with Crippen LogP contribution in [0.15, 0.2) is 63.5 Å². The highest BCUT2D eigenvalue weighted by Gasteiger charge is 2.18. The van der Waals surface area contributed by atoms with Crippen LogP contribution in [0.3, 0.4) is 0 Å². The standard InChI is InChI=1S/C20H24N4O2S2/c1-4-6-15-9-11-16(12-10-15)19-14-27-20(23-22-19)21-17-7-5-8-18(13-17)28(25,26)24(2)3/h5,7-13H,4,6,14H2,1-3H3,(H,21,23). The Morgan fingerprint density at radius 1 is 1.18 bits per heavy atom. The van der Waals surface area contributed by atoms with E-state index in [2.05, 4.69) is 46.7 Å². The van der Waals surface area contributed by atoms with E-state index in [1.807, 2.05) is 0 Å². The van der Waals surface area contributed by atoms with Crippen LogP contribution in [-0.2, 0) is 16.4 Å². The van der Waals surface area contributed by atoms with Crippen molar-refractivity contribution < 1.29 is 8.42 Å². The maximum Gasteiger partial charge on any atom is 0.242 e. The molecular weight excluding hydrogens is 392 g/mol. The second-order valence-electron chi connectivity index (χ2n) is 6.61. The number of nitrogens with one attached hydrogen (secondary N) is 1. The molecular formula is C20H24N4O2S2. The molecule has 28 heavy (non-hydrogen) atoms. The molecule has 0 unspecified atom stereocenters. The number of rotatable bonds is 6. The number of aliphatic imine (C=N–C) groups is 1. The Labute approximate surface area is 170 Å². The Bertz CT molecular complexity index is 997. The number of amidine groups is 1. The van der Waals surface area contributed by atoms with E-state index >= 15 is 0 Å². The second-order valence-corrected chi connectivity index (χ2v) is 9.72. The summed E-state index contributed by atoms with van der Waals surface area (Å²) < 4.78 is 25.7. The fourth-order valence-corrected chi connectivity index (χ4v) is 4.44. The Morgan fingerprint density at radius 3 is 2.54 bits per heavy atom. The van der Waals surface area contributed by atoms with Crippen LogP contribution < -0.4 is 5.43 Å². The van der Waals surface area contributed by atoms with E-state index in [0.717, 1.165) is 24.1 Å². The van der Waals surface area contributed by atoms with Crippen molar-refractivity contribution >= 4 is 38.4 Å². The predicted octanol–water partition coefficient (Wildman–Crippen LogP) is 3.62. The minimum Gasteiger partial charge on any atom is -0.255 e. The molecule has 0 saturated heterocycles. The molecule has 1 heterocycles. The lowest BCUT2D eigenvalue weighted by Crippen LogP contribution is -2.25. The number of hydrogen-bond donors (Lipinski definition) is 1. The summed E-state index contributed by atoms with van der Waals surface area (Å²) in [7, 11) is -0.461. The minimum absolute atomic E-state index is 0.219. The number of hydrazone groups is 1. The smallest absolute Gasteiger partial charge is 0.242 e. The van der Waals surface area contributed by atoms with Gasteiger partial charge < -0.3 is 0 Å². The average molecular weight is 417 g/mol. The molecule has 1 aliphatic heterocycles. The minimum atomic E-state index is -3.48. The first-order valence-corrected chi connectivity index (χ1v) is 11.5. The first-order valence-electron chi connectivity index (χ1n) is 9.06. The van der Waals surface area contributed by atoms with E-state index in [4.69, 9.17) is 0 Å². The number of benzene rings is 2. The van der Waals surface area contributed by atoms with Gasteiger partial charge in [0.25, 0.3) is 0 Å². The van der Waals surface area contributed by atoms with Crippen molar-refractivity contribution in [1.29, 1.82) is 0 Å². The number of thioether (sulfide) groups is 1. The van der Waals surface area contributed by atoms with Crippen LogP contribution in [0.25, 0.3) is 0 Å². The van der Waals surface area contributed by atoms with Crippen molar-refractivity contribution in [2.45, 2.75) is 24.7 Å². The summed E-state index contributed by atoms with van der Waals surface area (Å²) in [5, 5.41) is 5.09. The van der Waals surface area contributed by atoms with Crippen molar-refractivity contribution in [1.82, 2.24) is 9.73 Å². The maximum absolute atomic E-state index is 12.3. The highest BCUT2D eigenvalue weighted by atomic mass is 32.2. The van der Waals surface area contributed by atoms with Crippen LogP contribution in [0.4, 0.5) is 5.69 Å². The third-order valence-electron chi connectivity index (χ3n) is 4.28. The van der Waals surface area contributed by atoms with E-state index in [9.17, 15) is 8.42 Å². The number of nitrogens with zero attached hydrogens (tertiary/aromatic N) is 3. The van der Waals surface area contributed by atoms with E-state index in [1.165, 1.54) is 24.0 Å². The first-order chi connectivity index (χ1) is 13.4. The van der Waals surface area contributed by atoms with Gasteiger partial charge in [0.1, 0.15) is 0 Å². The molecule has 148 valence electrons. The number of aryl methyl sites for hydroxylation is 1. The summed E-state index contributed by atoms with van der Waals surface area (Å²) in [5.74, 6) is 0.703. The molecule has 1 N–H and O–H groups in total. The molecule has 0 radical (unpaired) electrons. The molecule has 1 aliphatic rings. The molecule has 0 amide bonds. The quantitative estimate of drug-likeness (QED) is 0.781. The first kappa shape index (κ1) is 20.6. The maximum atomic E-state index is 12.3. The molecule has 6 nitrogen and oxygen atoms in total. The van der Waals surface area contributed by atoms with Crippen LogP contribution >= 0.6 is 11.8 Å². The summed E-state index contributed by atoms with van der Waals surface area (Å²) in [5.41, 5.74) is 6.94. The predicted molar refractivity (Wildman–Crippen MR) is 117 cm³/mol. The zero-order chi connectivity index (χ0) is 20.1. The Hall–Kier alpha value is -2.16. The van der Waals surface area contributed by atoms with Gasteiger partial charge in [0.2, 0.25) is 10.0 Å². The van der Waals surface area contributed by atoms with E-state index in [0.29, 0.717) is 16.6 Å². The van der Waals surface area contributed by atoms with Gasteiger partial charge in [0.15, 0.2) is 5.17 Å². The molecule has 0 bridgehead atoms. The van der Waals surface area contributed by atoms with Gasteiger partial charge >= 0.3 is 0 Å². The molecule has 2 aromatic rings. The second kappa shape index (κ2) is 8.89. The van der Waals surface area contributed by atoms with Crippen molar-refractivity contribution in [2.24, 2.45) is 10.1 Å². The Morgan fingerprint density at radius 2 is 1.93 bits per heavy atom. The summed E-state index contributed by atoms with van der Waals surface area (Å²) in [6.07, 6.45) is 2.22. The van der Waals surface area contributed by atoms with Gasteiger partial charge in [-0.1, -0.05) is 55.4 Å². The summed E-state index contributed by atoms with van der Waals surface area (Å²) in [6, 6.07) is 15.1. The zero-order valence-electron chi connectivity index (χ0n) is 16.2. The Balaban J connectivity index is 1.74. The van der Waals surface area contributed by atoms with Gasteiger partial charge in [-0.3, -0.25) is 5.43 Å². The van der Waals surface area contributed by atoms with Gasteiger partial charge in [-0.2, -0.15) is 5.10 Å². The summed E-state index contributed by atoms with van der Waals surface area (Å²) >= 11 is 1.54. The molecule has 0 aliphatic carbocycles. The van der Waals surface area contributed by atoms with E-state index in [-0.39, 0.29) is 4.90 Å². The van der Waals surface area contributed by atoms with Crippen molar-refractivity contribution in [3.63, 3.8) is 0 Å². The largest absolute Gasteiger partial charge is 0.255 e. The molecule has 0 saturated carbocycles. The molecule has 0 spiro atoms. The third kappa shape index (κ3) is 4.81. The van der Waals surface area contributed by atoms with Crippen molar-refractivity contribution in [2.75, 3.05) is 19.8 Å². The van der Waals surface area contributed by atoms with Crippen LogP contribution in [0.1, 0.15) is 24.5 Å². The average Bonchev–Trinajstić information content (AvgIpc) is 2.70. The molecule has 0 fully saturated rings. The Kier molecular flexibility index (Phi) is 6.53. The van der Waals surface area contributed by atoms with Gasteiger partial charge in [-0.05, 0) is 35.7 Å². The fourth-order valence-electron chi connectivity index (χ4n) is 2.72. The summed E-state index contributed by atoms with van der Waals surface area (Å²) in [6.45, 7) is 2.17. The number of hydrogen-bond acceptors (Lipinski definition) is 5. The SMILES string of the molecule is CCCc1ccc(C2=NNC(=Nc3cccc(S(=O)(=O)N(C)C)c3)SC2)cc1. The normalized spacial score (nSPS) is 16.1. The van der Waals surface area contributed by atoms with Crippen LogP contribution in [0.2, 0.25) is 0 Å². The lowest BCUT2D eigenvalue weighted by molar-refractivity contribution is 0.521. The fraction of sp³-hybridized carbons (Fsp3) is 0.300. The van der Waals surface area contributed by atoms with Gasteiger partial charge in [-0.25, -0.2) is 17.7 Å². The third-order valence-corrected chi connectivity index (χ3v) is 6.97. The van der Waals surface area contributed by atoms with Crippen LogP contribution in [-0.4, -0.2) is 43.5 Å². The van der Waals surface area contributed by atoms with Crippen LogP contribution in [0.5, 0.6) is 0 Å². The van der Waals surface area contributed by atoms with Gasteiger partial charge in [0, 0.05) is 19.8 Å². The highest BCUT2D eigenvalue weighted by Crippen LogP contribution is 2.23. The zero-order valence-corrected chi connectivity index (χ0v) is 17.8. The van der Waals surface area contributed by atoms with Crippen molar-refractivity contribution in [3.8, 4) is 0 Å². The van der Waals surface area contributed by atoms with Crippen LogP contribution in [0, 0.1) is 0 Å². The molecule has 0 aromatic heterocycles. The van der Waals surface area contributed by atoms with Gasteiger partial charge in [0.05, 0.1) is 16.3 Å². The molecule has 0 atom stereocenters. The van der Waals surface area contributed by atoms with E-state index in [1.54, 1.807) is 36.0 Å². The topological polar surface area (TPSA) is 74.1 Å². The van der Waals surface area contributed by atoms with Gasteiger partial charge in [-0.15, -0.1) is 0 Å². The number of sulfonamides is 1. The highest BCUT2D eigenvalue weighted by molar-refractivity contribution is 8.14. The summed E-state index contributed by atoms with van der Waals surface area (Å²) in [4.78, 5) is 4.72. The molecule has 2 aromatic carbocycles. The van der Waals surface area contributed by atoms with E-state index < -0.39 is 10.0 Å². The lowest BCUT2D eigenvalue weighted by atomic mass is 10.1. The van der Waals surface area contributed by atoms with Crippen molar-refractivity contribution in [3.05, 3.63) is 59.7 Å². The molecule has 8 heteroatoms. The lowest BCUT2D eigenvalue weighted by Gasteiger charge is -2.15.